The highest BCUT2D eigenvalue weighted by atomic mass is 32.2. The lowest BCUT2D eigenvalue weighted by atomic mass is 9.93. The third-order valence-electron chi connectivity index (χ3n) is 2.58. The van der Waals surface area contributed by atoms with Crippen LogP contribution < -0.4 is 4.72 Å². The van der Waals surface area contributed by atoms with E-state index in [0.29, 0.717) is 5.56 Å². The van der Waals surface area contributed by atoms with Gasteiger partial charge in [-0.15, -0.1) is 0 Å². The lowest BCUT2D eigenvalue weighted by Crippen LogP contribution is -2.44. The van der Waals surface area contributed by atoms with Crippen molar-refractivity contribution >= 4 is 28.0 Å². The van der Waals surface area contributed by atoms with Gasteiger partial charge >= 0.3 is 5.97 Å². The molecule has 0 spiro atoms. The lowest BCUT2D eigenvalue weighted by Gasteiger charge is -2.17. The number of carbonyl (C=O) groups excluding carboxylic acids is 1. The number of sulfonamides is 1. The van der Waals surface area contributed by atoms with E-state index >= 15 is 0 Å². The van der Waals surface area contributed by atoms with Crippen molar-refractivity contribution in [2.75, 3.05) is 0 Å². The molecule has 1 amide bonds. The molecule has 1 rings (SSSR count). The second kappa shape index (κ2) is 5.87. The van der Waals surface area contributed by atoms with Crippen molar-refractivity contribution in [3.8, 4) is 0 Å². The van der Waals surface area contributed by atoms with Gasteiger partial charge in [-0.2, -0.15) is 0 Å². The van der Waals surface area contributed by atoms with Crippen molar-refractivity contribution in [3.05, 3.63) is 41.3 Å². The summed E-state index contributed by atoms with van der Waals surface area (Å²) in [5.41, 5.74) is -1.18. The summed E-state index contributed by atoms with van der Waals surface area (Å²) in [5.74, 6) is -2.50. The van der Waals surface area contributed by atoms with Gasteiger partial charge in [-0.3, -0.25) is 9.59 Å². The number of nitrogens with one attached hydrogen (secondary N) is 1. The molecule has 1 aromatic carbocycles. The Labute approximate surface area is 117 Å². The Morgan fingerprint density at radius 3 is 2.25 bits per heavy atom. The minimum absolute atomic E-state index is 0.641. The van der Waals surface area contributed by atoms with Crippen molar-refractivity contribution < 1.29 is 23.1 Å². The fraction of sp³-hybridized carbons (Fsp3) is 0.231. The molecule has 20 heavy (non-hydrogen) atoms. The number of hydrogen-bond acceptors (Lipinski definition) is 4. The van der Waals surface area contributed by atoms with Crippen LogP contribution in [0.3, 0.4) is 0 Å². The van der Waals surface area contributed by atoms with Crippen LogP contribution in [-0.2, 0) is 19.6 Å². The van der Waals surface area contributed by atoms with Gasteiger partial charge in [0.25, 0.3) is 15.9 Å². The van der Waals surface area contributed by atoms with E-state index in [1.54, 1.807) is 35.1 Å². The zero-order valence-electron chi connectivity index (χ0n) is 11.0. The van der Waals surface area contributed by atoms with Gasteiger partial charge in [-0.25, -0.2) is 13.1 Å². The van der Waals surface area contributed by atoms with Crippen molar-refractivity contribution in [3.63, 3.8) is 0 Å². The average Bonchev–Trinajstić information content (AvgIpc) is 2.37. The maximum atomic E-state index is 11.7. The number of carbonyl (C=O) groups is 2. The highest BCUT2D eigenvalue weighted by molar-refractivity contribution is 7.93. The highest BCUT2D eigenvalue weighted by Gasteiger charge is 2.37. The van der Waals surface area contributed by atoms with Crippen LogP contribution in [0.1, 0.15) is 19.4 Å². The Balaban J connectivity index is 2.84. The minimum Gasteiger partial charge on any atom is -0.480 e. The molecule has 0 aliphatic rings. The molecule has 0 saturated heterocycles. The molecule has 0 heterocycles. The van der Waals surface area contributed by atoms with Gasteiger partial charge in [0, 0.05) is 0 Å². The van der Waals surface area contributed by atoms with Gasteiger partial charge in [-0.1, -0.05) is 30.3 Å². The molecule has 0 bridgehead atoms. The standard InChI is InChI=1S/C13H15NO5S/c1-13(2,12(16)17)11(15)14-20(18,19)9-8-10-6-4-3-5-7-10/h3-9H,1-2H3,(H,14,15)(H,16,17). The van der Waals surface area contributed by atoms with Gasteiger partial charge in [0.2, 0.25) is 0 Å². The first-order valence-corrected chi connectivity index (χ1v) is 7.23. The Hall–Kier alpha value is -2.15. The van der Waals surface area contributed by atoms with Gasteiger partial charge < -0.3 is 5.11 Å². The number of aliphatic carboxylic acids is 1. The van der Waals surface area contributed by atoms with E-state index in [-0.39, 0.29) is 0 Å². The molecule has 1 aromatic rings. The Bertz CT molecular complexity index is 632. The van der Waals surface area contributed by atoms with Gasteiger partial charge in [0.1, 0.15) is 5.41 Å². The Morgan fingerprint density at radius 1 is 1.20 bits per heavy atom. The second-order valence-electron chi connectivity index (χ2n) is 4.62. The topological polar surface area (TPSA) is 101 Å². The predicted octanol–water partition coefficient (Wildman–Crippen LogP) is 1.21. The first-order valence-electron chi connectivity index (χ1n) is 5.69. The Morgan fingerprint density at radius 2 is 1.75 bits per heavy atom. The summed E-state index contributed by atoms with van der Waals surface area (Å²) in [7, 11) is -4.04. The van der Waals surface area contributed by atoms with Crippen LogP contribution in [-0.4, -0.2) is 25.4 Å². The van der Waals surface area contributed by atoms with Crippen molar-refractivity contribution in [1.29, 1.82) is 0 Å². The summed E-state index contributed by atoms with van der Waals surface area (Å²) >= 11 is 0. The fourth-order valence-electron chi connectivity index (χ4n) is 1.12. The van der Waals surface area contributed by atoms with E-state index in [2.05, 4.69) is 0 Å². The predicted molar refractivity (Wildman–Crippen MR) is 74.0 cm³/mol. The summed E-state index contributed by atoms with van der Waals surface area (Å²) < 4.78 is 25.1. The van der Waals surface area contributed by atoms with Crippen LogP contribution in [0.2, 0.25) is 0 Å². The summed E-state index contributed by atoms with van der Waals surface area (Å²) in [5, 5.41) is 9.66. The minimum atomic E-state index is -4.04. The lowest BCUT2D eigenvalue weighted by molar-refractivity contribution is -0.152. The zero-order chi connectivity index (χ0) is 15.4. The van der Waals surface area contributed by atoms with Crippen molar-refractivity contribution in [1.82, 2.24) is 4.72 Å². The summed E-state index contributed by atoms with van der Waals surface area (Å²) in [6, 6.07) is 8.63. The second-order valence-corrected chi connectivity index (χ2v) is 6.19. The molecule has 6 nitrogen and oxygen atoms in total. The van der Waals surface area contributed by atoms with Crippen molar-refractivity contribution in [2.24, 2.45) is 5.41 Å². The quantitative estimate of drug-likeness (QED) is 0.796. The normalized spacial score (nSPS) is 12.3. The summed E-state index contributed by atoms with van der Waals surface area (Å²) in [6.45, 7) is 2.25. The number of rotatable bonds is 5. The number of carboxylic acid groups (broad SMARTS) is 1. The molecule has 7 heteroatoms. The van der Waals surface area contributed by atoms with Crippen LogP contribution in [0, 0.1) is 5.41 Å². The molecular weight excluding hydrogens is 282 g/mol. The summed E-state index contributed by atoms with van der Waals surface area (Å²) in [6.07, 6.45) is 1.31. The molecule has 0 radical (unpaired) electrons. The maximum Gasteiger partial charge on any atom is 0.318 e. The molecular formula is C13H15NO5S. The number of hydrogen-bond donors (Lipinski definition) is 2. The first-order chi connectivity index (χ1) is 9.15. The van der Waals surface area contributed by atoms with Crippen LogP contribution in [0.25, 0.3) is 6.08 Å². The molecule has 0 aliphatic carbocycles. The van der Waals surface area contributed by atoms with E-state index in [0.717, 1.165) is 19.3 Å². The molecule has 0 aromatic heterocycles. The molecule has 0 fully saturated rings. The highest BCUT2D eigenvalue weighted by Crippen LogP contribution is 2.15. The number of benzene rings is 1. The number of carboxylic acids is 1. The molecule has 108 valence electrons. The monoisotopic (exact) mass is 297 g/mol. The molecule has 0 unspecified atom stereocenters. The van der Waals surface area contributed by atoms with Gasteiger partial charge in [0.15, 0.2) is 0 Å². The van der Waals surface area contributed by atoms with E-state index < -0.39 is 27.3 Å². The summed E-state index contributed by atoms with van der Waals surface area (Å²) in [4.78, 5) is 22.5. The third-order valence-corrected chi connectivity index (χ3v) is 3.54. The Kier molecular flexibility index (Phi) is 4.67. The van der Waals surface area contributed by atoms with Crippen molar-refractivity contribution in [2.45, 2.75) is 13.8 Å². The van der Waals surface area contributed by atoms with E-state index in [9.17, 15) is 18.0 Å². The smallest absolute Gasteiger partial charge is 0.318 e. The van der Waals surface area contributed by atoms with Crippen LogP contribution in [0.15, 0.2) is 35.7 Å². The van der Waals surface area contributed by atoms with Gasteiger partial charge in [-0.05, 0) is 25.5 Å². The SMILES string of the molecule is CC(C)(C(=O)O)C(=O)NS(=O)(=O)C=Cc1ccccc1. The zero-order valence-corrected chi connectivity index (χ0v) is 11.8. The molecule has 0 saturated carbocycles. The maximum absolute atomic E-state index is 11.7. The van der Waals surface area contributed by atoms with Crippen LogP contribution >= 0.6 is 0 Å². The molecule has 0 aliphatic heterocycles. The fourth-order valence-corrected chi connectivity index (χ4v) is 2.04. The van der Waals surface area contributed by atoms with Crippen LogP contribution in [0.5, 0.6) is 0 Å². The molecule has 2 N–H and O–H groups in total. The van der Waals surface area contributed by atoms with E-state index in [4.69, 9.17) is 5.11 Å². The largest absolute Gasteiger partial charge is 0.480 e. The van der Waals surface area contributed by atoms with E-state index in [1.165, 1.54) is 6.08 Å². The molecule has 0 atom stereocenters. The third kappa shape index (κ3) is 4.20. The average molecular weight is 297 g/mol. The van der Waals surface area contributed by atoms with Gasteiger partial charge in [0.05, 0.1) is 5.41 Å². The first kappa shape index (κ1) is 15.9. The number of amides is 1. The van der Waals surface area contributed by atoms with E-state index in [1.807, 2.05) is 0 Å². The van der Waals surface area contributed by atoms with Crippen LogP contribution in [0.4, 0.5) is 0 Å².